The van der Waals surface area contributed by atoms with E-state index in [-0.39, 0.29) is 41.4 Å². The molecule has 158 valence electrons. The minimum absolute atomic E-state index is 0. The van der Waals surface area contributed by atoms with E-state index >= 15 is 0 Å². The van der Waals surface area contributed by atoms with Crippen LogP contribution < -0.4 is 5.32 Å². The molecule has 0 radical (unpaired) electrons. The van der Waals surface area contributed by atoms with Gasteiger partial charge in [0.2, 0.25) is 0 Å². The summed E-state index contributed by atoms with van der Waals surface area (Å²) < 4.78 is 5.22. The molecule has 1 saturated heterocycles. The van der Waals surface area contributed by atoms with Gasteiger partial charge in [-0.3, -0.25) is 9.79 Å². The van der Waals surface area contributed by atoms with Gasteiger partial charge in [-0.2, -0.15) is 0 Å². The number of aliphatic imine (C=N–C) groups is 1. The van der Waals surface area contributed by atoms with E-state index in [1.807, 2.05) is 4.90 Å². The summed E-state index contributed by atoms with van der Waals surface area (Å²) in [6.07, 6.45) is 5.40. The van der Waals surface area contributed by atoms with E-state index in [4.69, 9.17) is 9.41 Å². The summed E-state index contributed by atoms with van der Waals surface area (Å²) in [6.45, 7) is 8.38. The Morgan fingerprint density at radius 2 is 2.04 bits per heavy atom. The van der Waals surface area contributed by atoms with Crippen LogP contribution in [0.5, 0.6) is 0 Å². The number of nitrogens with one attached hydrogen (secondary N) is 1. The lowest BCUT2D eigenvalue weighted by Crippen LogP contribution is -2.54. The molecule has 0 spiro atoms. The smallest absolute Gasteiger partial charge is 0.289 e. The van der Waals surface area contributed by atoms with Crippen LogP contribution in [-0.4, -0.2) is 72.1 Å². The largest absolute Gasteiger partial charge is 0.459 e. The van der Waals surface area contributed by atoms with Gasteiger partial charge in [-0.05, 0) is 31.9 Å². The fourth-order valence-electron chi connectivity index (χ4n) is 3.92. The van der Waals surface area contributed by atoms with Gasteiger partial charge in [-0.15, -0.1) is 24.0 Å². The topological polar surface area (TPSA) is 81.3 Å². The molecular weight excluding hydrogens is 471 g/mol. The molecule has 1 aliphatic heterocycles. The van der Waals surface area contributed by atoms with Crippen molar-refractivity contribution in [2.75, 3.05) is 39.3 Å². The van der Waals surface area contributed by atoms with Crippen molar-refractivity contribution in [2.45, 2.75) is 45.6 Å². The number of aliphatic hydroxyl groups is 1. The average Bonchev–Trinajstić information content (AvgIpc) is 3.22. The SMILES string of the molecule is CCNC(=NCC1(C)CCCCC1O)N1CCN(C(=O)c2ccco2)CC1.I. The number of nitrogens with zero attached hydrogens (tertiary/aromatic N) is 3. The lowest BCUT2D eigenvalue weighted by atomic mass is 9.73. The summed E-state index contributed by atoms with van der Waals surface area (Å²) in [6, 6.07) is 3.44. The molecule has 1 aromatic heterocycles. The van der Waals surface area contributed by atoms with Gasteiger partial charge in [0.05, 0.1) is 18.9 Å². The molecule has 2 unspecified atom stereocenters. The van der Waals surface area contributed by atoms with Gasteiger partial charge in [0.1, 0.15) is 0 Å². The molecular formula is C20H33IN4O3. The number of aliphatic hydroxyl groups excluding tert-OH is 1. The molecule has 3 rings (SSSR count). The van der Waals surface area contributed by atoms with Crippen LogP contribution in [0, 0.1) is 5.41 Å². The summed E-state index contributed by atoms with van der Waals surface area (Å²) in [4.78, 5) is 21.3. The summed E-state index contributed by atoms with van der Waals surface area (Å²) in [5.41, 5.74) is -0.143. The highest BCUT2D eigenvalue weighted by Crippen LogP contribution is 2.36. The zero-order valence-corrected chi connectivity index (χ0v) is 19.2. The fourth-order valence-corrected chi connectivity index (χ4v) is 3.92. The van der Waals surface area contributed by atoms with E-state index in [1.165, 1.54) is 6.26 Å². The highest BCUT2D eigenvalue weighted by molar-refractivity contribution is 14.0. The highest BCUT2D eigenvalue weighted by Gasteiger charge is 2.35. The number of carbonyl (C=O) groups is 1. The molecule has 1 aromatic rings. The van der Waals surface area contributed by atoms with E-state index in [0.29, 0.717) is 25.4 Å². The molecule has 1 amide bonds. The fraction of sp³-hybridized carbons (Fsp3) is 0.700. The van der Waals surface area contributed by atoms with Crippen molar-refractivity contribution in [3.8, 4) is 0 Å². The van der Waals surface area contributed by atoms with E-state index in [9.17, 15) is 9.90 Å². The standard InChI is InChI=1S/C20H32N4O3.HI/c1-3-21-19(22-15-20(2)9-5-4-8-17(20)25)24-12-10-23(11-13-24)18(26)16-7-6-14-27-16;/h6-7,14,17,25H,3-5,8-13,15H2,1-2H3,(H,21,22);1H. The van der Waals surface area contributed by atoms with E-state index in [0.717, 1.165) is 51.3 Å². The molecule has 2 fully saturated rings. The predicted molar refractivity (Wildman–Crippen MR) is 120 cm³/mol. The van der Waals surface area contributed by atoms with E-state index in [1.54, 1.807) is 12.1 Å². The number of piperazine rings is 1. The maximum absolute atomic E-state index is 12.4. The first-order chi connectivity index (χ1) is 13.0. The van der Waals surface area contributed by atoms with Crippen molar-refractivity contribution in [3.05, 3.63) is 24.2 Å². The minimum Gasteiger partial charge on any atom is -0.459 e. The van der Waals surface area contributed by atoms with Crippen LogP contribution in [-0.2, 0) is 0 Å². The van der Waals surface area contributed by atoms with Gasteiger partial charge in [0.25, 0.3) is 5.91 Å². The van der Waals surface area contributed by atoms with Crippen molar-refractivity contribution in [1.82, 2.24) is 15.1 Å². The number of halogens is 1. The molecule has 2 N–H and O–H groups in total. The first-order valence-electron chi connectivity index (χ1n) is 10.1. The zero-order chi connectivity index (χ0) is 19.3. The second-order valence-electron chi connectivity index (χ2n) is 7.84. The third-order valence-electron chi connectivity index (χ3n) is 5.80. The molecule has 2 heterocycles. The lowest BCUT2D eigenvalue weighted by Gasteiger charge is -2.39. The van der Waals surface area contributed by atoms with Gasteiger partial charge in [-0.25, -0.2) is 0 Å². The van der Waals surface area contributed by atoms with E-state index < -0.39 is 0 Å². The van der Waals surface area contributed by atoms with Crippen LogP contribution in [0.25, 0.3) is 0 Å². The Bertz CT molecular complexity index is 644. The highest BCUT2D eigenvalue weighted by atomic mass is 127. The van der Waals surface area contributed by atoms with Crippen LogP contribution in [0.1, 0.15) is 50.1 Å². The summed E-state index contributed by atoms with van der Waals surface area (Å²) in [5, 5.41) is 13.8. The van der Waals surface area contributed by atoms with Crippen LogP contribution in [0.3, 0.4) is 0 Å². The molecule has 0 aromatic carbocycles. The number of guanidine groups is 1. The van der Waals surface area contributed by atoms with Crippen LogP contribution in [0.15, 0.2) is 27.8 Å². The Balaban J connectivity index is 0.00000280. The van der Waals surface area contributed by atoms with Crippen molar-refractivity contribution < 1.29 is 14.3 Å². The predicted octanol–water partition coefficient (Wildman–Crippen LogP) is 2.56. The molecule has 7 nitrogen and oxygen atoms in total. The summed E-state index contributed by atoms with van der Waals surface area (Å²) in [5.74, 6) is 1.21. The van der Waals surface area contributed by atoms with Gasteiger partial charge in [0, 0.05) is 38.1 Å². The van der Waals surface area contributed by atoms with Crippen molar-refractivity contribution in [3.63, 3.8) is 0 Å². The zero-order valence-electron chi connectivity index (χ0n) is 16.9. The second-order valence-corrected chi connectivity index (χ2v) is 7.84. The molecule has 28 heavy (non-hydrogen) atoms. The number of rotatable bonds is 4. The Morgan fingerprint density at radius 1 is 1.32 bits per heavy atom. The number of amides is 1. The number of hydrogen-bond donors (Lipinski definition) is 2. The Morgan fingerprint density at radius 3 is 2.64 bits per heavy atom. The Hall–Kier alpha value is -1.29. The monoisotopic (exact) mass is 504 g/mol. The summed E-state index contributed by atoms with van der Waals surface area (Å²) in [7, 11) is 0. The normalized spacial score (nSPS) is 26.0. The Labute approximate surface area is 184 Å². The van der Waals surface area contributed by atoms with Crippen molar-refractivity contribution in [2.24, 2.45) is 10.4 Å². The molecule has 2 aliphatic rings. The van der Waals surface area contributed by atoms with E-state index in [2.05, 4.69) is 24.1 Å². The third-order valence-corrected chi connectivity index (χ3v) is 5.80. The minimum atomic E-state index is -0.277. The quantitative estimate of drug-likeness (QED) is 0.375. The number of carbonyl (C=O) groups excluding carboxylic acids is 1. The number of hydrogen-bond acceptors (Lipinski definition) is 4. The number of furan rings is 1. The first-order valence-corrected chi connectivity index (χ1v) is 10.1. The van der Waals surface area contributed by atoms with Crippen molar-refractivity contribution >= 4 is 35.8 Å². The maximum atomic E-state index is 12.4. The van der Waals surface area contributed by atoms with Crippen LogP contribution in [0.2, 0.25) is 0 Å². The average molecular weight is 504 g/mol. The Kier molecular flexibility index (Phi) is 8.60. The molecule has 0 bridgehead atoms. The molecule has 2 atom stereocenters. The van der Waals surface area contributed by atoms with Crippen molar-refractivity contribution in [1.29, 1.82) is 0 Å². The molecule has 1 saturated carbocycles. The van der Waals surface area contributed by atoms with Crippen LogP contribution in [0.4, 0.5) is 0 Å². The van der Waals surface area contributed by atoms with Crippen LogP contribution >= 0.6 is 24.0 Å². The van der Waals surface area contributed by atoms with Gasteiger partial charge in [-0.1, -0.05) is 19.8 Å². The van der Waals surface area contributed by atoms with Gasteiger partial charge in [0.15, 0.2) is 11.7 Å². The van der Waals surface area contributed by atoms with Gasteiger partial charge >= 0.3 is 0 Å². The maximum Gasteiger partial charge on any atom is 0.289 e. The first kappa shape index (κ1) is 23.0. The second kappa shape index (κ2) is 10.5. The lowest BCUT2D eigenvalue weighted by molar-refractivity contribution is 0.00697. The summed E-state index contributed by atoms with van der Waals surface area (Å²) >= 11 is 0. The molecule has 8 heteroatoms. The third kappa shape index (κ3) is 5.40. The van der Waals surface area contributed by atoms with Gasteiger partial charge < -0.3 is 24.6 Å². The molecule has 1 aliphatic carbocycles.